The summed E-state index contributed by atoms with van der Waals surface area (Å²) in [5, 5.41) is 16.0. The fourth-order valence-electron chi connectivity index (χ4n) is 1.78. The molecule has 1 amide bonds. The predicted octanol–water partition coefficient (Wildman–Crippen LogP) is 2.47. The number of benzene rings is 1. The van der Waals surface area contributed by atoms with Crippen LogP contribution in [-0.4, -0.2) is 22.4 Å². The number of nitrogens with one attached hydrogen (secondary N) is 1. The first-order valence-corrected chi connectivity index (χ1v) is 6.98. The largest absolute Gasteiger partial charge is 0.352 e. The number of halogens is 1. The molecule has 2 rings (SSSR count). The van der Waals surface area contributed by atoms with Crippen LogP contribution >= 0.6 is 11.3 Å². The van der Waals surface area contributed by atoms with Crippen LogP contribution < -0.4 is 5.32 Å². The van der Waals surface area contributed by atoms with E-state index in [-0.39, 0.29) is 23.4 Å². The summed E-state index contributed by atoms with van der Waals surface area (Å²) in [7, 11) is 0. The van der Waals surface area contributed by atoms with Gasteiger partial charge in [0.05, 0.1) is 15.5 Å². The second-order valence-electron chi connectivity index (χ2n) is 4.31. The van der Waals surface area contributed by atoms with Crippen molar-refractivity contribution in [1.29, 1.82) is 0 Å². The van der Waals surface area contributed by atoms with Crippen molar-refractivity contribution in [2.75, 3.05) is 6.54 Å². The topological polar surface area (TPSA) is 85.1 Å². The number of aryl methyl sites for hydroxylation is 1. The van der Waals surface area contributed by atoms with E-state index < -0.39 is 16.6 Å². The van der Waals surface area contributed by atoms with E-state index in [1.165, 1.54) is 18.3 Å². The van der Waals surface area contributed by atoms with Crippen LogP contribution in [0.1, 0.15) is 20.9 Å². The minimum absolute atomic E-state index is 0.0641. The first-order valence-electron chi connectivity index (χ1n) is 6.10. The molecule has 0 spiro atoms. The highest BCUT2D eigenvalue weighted by Gasteiger charge is 2.19. The van der Waals surface area contributed by atoms with E-state index >= 15 is 0 Å². The van der Waals surface area contributed by atoms with Crippen molar-refractivity contribution in [3.8, 4) is 0 Å². The standard InChI is InChI=1S/C13H12FN3O3S/c1-8-6-9(17(19)20)7-10(12(8)14)13(18)16-3-2-11-15-4-5-21-11/h4-7H,2-3H2,1H3,(H,16,18). The van der Waals surface area contributed by atoms with Crippen LogP contribution in [0.2, 0.25) is 0 Å². The average molecular weight is 309 g/mol. The fourth-order valence-corrected chi connectivity index (χ4v) is 2.40. The molecule has 0 radical (unpaired) electrons. The molecule has 21 heavy (non-hydrogen) atoms. The molecule has 8 heteroatoms. The zero-order valence-electron chi connectivity index (χ0n) is 11.1. The molecule has 0 unspecified atom stereocenters. The van der Waals surface area contributed by atoms with Crippen LogP contribution in [0.5, 0.6) is 0 Å². The van der Waals surface area contributed by atoms with Gasteiger partial charge >= 0.3 is 0 Å². The highest BCUT2D eigenvalue weighted by atomic mass is 32.1. The minimum Gasteiger partial charge on any atom is -0.352 e. The number of amides is 1. The molecule has 0 saturated carbocycles. The molecule has 0 saturated heterocycles. The molecule has 0 aliphatic rings. The van der Waals surface area contributed by atoms with Gasteiger partial charge in [0.2, 0.25) is 0 Å². The lowest BCUT2D eigenvalue weighted by Gasteiger charge is -2.07. The number of carbonyl (C=O) groups is 1. The Morgan fingerprint density at radius 3 is 2.90 bits per heavy atom. The molecule has 1 aromatic heterocycles. The highest BCUT2D eigenvalue weighted by molar-refractivity contribution is 7.09. The summed E-state index contributed by atoms with van der Waals surface area (Å²) in [5.74, 6) is -1.41. The average Bonchev–Trinajstić information content (AvgIpc) is 2.94. The monoisotopic (exact) mass is 309 g/mol. The summed E-state index contributed by atoms with van der Waals surface area (Å²) in [6.07, 6.45) is 2.18. The quantitative estimate of drug-likeness (QED) is 0.679. The molecule has 0 bridgehead atoms. The molecule has 0 aliphatic heterocycles. The summed E-state index contributed by atoms with van der Waals surface area (Å²) < 4.78 is 13.9. The fraction of sp³-hybridized carbons (Fsp3) is 0.231. The van der Waals surface area contributed by atoms with Gasteiger partial charge < -0.3 is 5.32 Å². The number of hydrogen-bond acceptors (Lipinski definition) is 5. The molecule has 2 aromatic rings. The summed E-state index contributed by atoms with van der Waals surface area (Å²) >= 11 is 1.46. The van der Waals surface area contributed by atoms with E-state index in [9.17, 15) is 19.3 Å². The van der Waals surface area contributed by atoms with Crippen molar-refractivity contribution in [2.45, 2.75) is 13.3 Å². The van der Waals surface area contributed by atoms with Gasteiger partial charge in [-0.1, -0.05) is 0 Å². The number of hydrogen-bond donors (Lipinski definition) is 1. The molecular formula is C13H12FN3O3S. The Hall–Kier alpha value is -2.35. The Morgan fingerprint density at radius 2 is 2.29 bits per heavy atom. The molecule has 1 aromatic carbocycles. The third-order valence-corrected chi connectivity index (χ3v) is 3.64. The number of nitro benzene ring substituents is 1. The maximum Gasteiger partial charge on any atom is 0.270 e. The Balaban J connectivity index is 2.09. The van der Waals surface area contributed by atoms with Crippen molar-refractivity contribution in [3.63, 3.8) is 0 Å². The number of nitrogens with zero attached hydrogens (tertiary/aromatic N) is 2. The molecular weight excluding hydrogens is 297 g/mol. The number of carbonyl (C=O) groups excluding carboxylic acids is 1. The summed E-state index contributed by atoms with van der Waals surface area (Å²) in [4.78, 5) is 26.1. The maximum absolute atomic E-state index is 13.9. The van der Waals surface area contributed by atoms with Crippen LogP contribution in [0.3, 0.4) is 0 Å². The van der Waals surface area contributed by atoms with E-state index in [2.05, 4.69) is 10.3 Å². The van der Waals surface area contributed by atoms with Gasteiger partial charge in [0, 0.05) is 36.7 Å². The van der Waals surface area contributed by atoms with E-state index in [0.717, 1.165) is 17.1 Å². The van der Waals surface area contributed by atoms with E-state index in [1.54, 1.807) is 6.20 Å². The van der Waals surface area contributed by atoms with Gasteiger partial charge in [-0.25, -0.2) is 9.37 Å². The predicted molar refractivity (Wildman–Crippen MR) is 75.9 cm³/mol. The van der Waals surface area contributed by atoms with Crippen molar-refractivity contribution in [1.82, 2.24) is 10.3 Å². The third kappa shape index (κ3) is 3.60. The number of non-ortho nitro benzene ring substituents is 1. The molecule has 0 aliphatic carbocycles. The van der Waals surface area contributed by atoms with Crippen molar-refractivity contribution >= 4 is 22.9 Å². The van der Waals surface area contributed by atoms with Crippen molar-refractivity contribution in [3.05, 3.63) is 55.8 Å². The van der Waals surface area contributed by atoms with Crippen LogP contribution in [-0.2, 0) is 6.42 Å². The first-order chi connectivity index (χ1) is 9.99. The summed E-state index contributed by atoms with van der Waals surface area (Å²) in [6.45, 7) is 1.67. The molecule has 110 valence electrons. The molecule has 0 atom stereocenters. The zero-order chi connectivity index (χ0) is 15.4. The summed E-state index contributed by atoms with van der Waals surface area (Å²) in [5.41, 5.74) is -0.561. The lowest BCUT2D eigenvalue weighted by Crippen LogP contribution is -2.26. The van der Waals surface area contributed by atoms with E-state index in [0.29, 0.717) is 6.42 Å². The number of rotatable bonds is 5. The number of aromatic nitrogens is 1. The van der Waals surface area contributed by atoms with Gasteiger partial charge in [-0.2, -0.15) is 0 Å². The van der Waals surface area contributed by atoms with Gasteiger partial charge in [-0.05, 0) is 12.5 Å². The highest BCUT2D eigenvalue weighted by Crippen LogP contribution is 2.21. The third-order valence-electron chi connectivity index (χ3n) is 2.80. The van der Waals surface area contributed by atoms with Gasteiger partial charge in [0.15, 0.2) is 0 Å². The minimum atomic E-state index is -0.743. The second-order valence-corrected chi connectivity index (χ2v) is 5.29. The molecule has 1 heterocycles. The van der Waals surface area contributed by atoms with Gasteiger partial charge in [0.25, 0.3) is 11.6 Å². The summed E-state index contributed by atoms with van der Waals surface area (Å²) in [6, 6.07) is 2.04. The normalized spacial score (nSPS) is 10.4. The molecule has 1 N–H and O–H groups in total. The second kappa shape index (κ2) is 6.40. The Morgan fingerprint density at radius 1 is 1.52 bits per heavy atom. The zero-order valence-corrected chi connectivity index (χ0v) is 11.9. The van der Waals surface area contributed by atoms with Crippen LogP contribution in [0.4, 0.5) is 10.1 Å². The Kier molecular flexibility index (Phi) is 4.59. The SMILES string of the molecule is Cc1cc([N+](=O)[O-])cc(C(=O)NCCc2nccs2)c1F. The van der Waals surface area contributed by atoms with Crippen LogP contribution in [0.25, 0.3) is 0 Å². The first kappa shape index (κ1) is 15.0. The Bertz CT molecular complexity index is 674. The lowest BCUT2D eigenvalue weighted by atomic mass is 10.1. The van der Waals surface area contributed by atoms with Crippen molar-refractivity contribution in [2.24, 2.45) is 0 Å². The van der Waals surface area contributed by atoms with Gasteiger partial charge in [-0.3, -0.25) is 14.9 Å². The van der Waals surface area contributed by atoms with E-state index in [4.69, 9.17) is 0 Å². The van der Waals surface area contributed by atoms with Crippen molar-refractivity contribution < 1.29 is 14.1 Å². The number of thiazole rings is 1. The van der Waals surface area contributed by atoms with Gasteiger partial charge in [-0.15, -0.1) is 11.3 Å². The molecule has 0 fully saturated rings. The Labute approximate surface area is 123 Å². The van der Waals surface area contributed by atoms with Gasteiger partial charge in [0.1, 0.15) is 5.82 Å². The maximum atomic E-state index is 13.9. The lowest BCUT2D eigenvalue weighted by molar-refractivity contribution is -0.385. The van der Waals surface area contributed by atoms with Crippen LogP contribution in [0.15, 0.2) is 23.7 Å². The number of nitro groups is 1. The van der Waals surface area contributed by atoms with E-state index in [1.807, 2.05) is 5.38 Å². The molecule has 6 nitrogen and oxygen atoms in total. The van der Waals surface area contributed by atoms with Crippen LogP contribution in [0, 0.1) is 22.9 Å². The smallest absolute Gasteiger partial charge is 0.270 e.